The maximum absolute atomic E-state index is 13.1. The van der Waals surface area contributed by atoms with E-state index in [-0.39, 0.29) is 17.7 Å². The van der Waals surface area contributed by atoms with Gasteiger partial charge in [0.05, 0.1) is 0 Å². The number of anilines is 2. The van der Waals surface area contributed by atoms with E-state index in [0.717, 1.165) is 62.1 Å². The Labute approximate surface area is 158 Å². The number of carbonyl (C=O) groups is 1. The Balaban J connectivity index is 1.38. The third-order valence-electron chi connectivity index (χ3n) is 5.44. The van der Waals surface area contributed by atoms with Gasteiger partial charge >= 0.3 is 0 Å². The average Bonchev–Trinajstić information content (AvgIpc) is 3.15. The highest BCUT2D eigenvalue weighted by molar-refractivity contribution is 5.94. The first kappa shape index (κ1) is 17.7. The first-order chi connectivity index (χ1) is 13.1. The molecule has 4 rings (SSSR count). The Morgan fingerprint density at radius 1 is 1.22 bits per heavy atom. The molecule has 2 aromatic rings. The van der Waals surface area contributed by atoms with Gasteiger partial charge in [0.15, 0.2) is 0 Å². The third-order valence-corrected chi connectivity index (χ3v) is 5.44. The van der Waals surface area contributed by atoms with E-state index in [2.05, 4.69) is 20.2 Å². The molecule has 2 aliphatic rings. The number of nitrogens with zero attached hydrogens (tertiary/aromatic N) is 3. The van der Waals surface area contributed by atoms with Crippen LogP contribution in [-0.2, 0) is 12.8 Å². The second kappa shape index (κ2) is 7.50. The molecule has 7 heteroatoms. The van der Waals surface area contributed by atoms with Crippen molar-refractivity contribution < 1.29 is 9.18 Å². The molecule has 0 unspecified atom stereocenters. The van der Waals surface area contributed by atoms with Gasteiger partial charge in [-0.05, 0) is 62.3 Å². The maximum atomic E-state index is 13.1. The molecule has 1 aromatic heterocycles. The zero-order valence-electron chi connectivity index (χ0n) is 15.2. The third kappa shape index (κ3) is 3.86. The summed E-state index contributed by atoms with van der Waals surface area (Å²) < 4.78 is 13.1. The number of nitrogens with one attached hydrogen (secondary N) is 1. The van der Waals surface area contributed by atoms with Gasteiger partial charge in [-0.2, -0.15) is 0 Å². The lowest BCUT2D eigenvalue weighted by atomic mass is 9.94. The van der Waals surface area contributed by atoms with E-state index < -0.39 is 0 Å². The number of hydrogen-bond donors (Lipinski definition) is 2. The quantitative estimate of drug-likeness (QED) is 0.864. The number of rotatable bonds is 4. The van der Waals surface area contributed by atoms with E-state index in [1.807, 2.05) is 0 Å². The van der Waals surface area contributed by atoms with E-state index in [1.54, 1.807) is 12.1 Å². The fraction of sp³-hybridized carbons (Fsp3) is 0.450. The zero-order chi connectivity index (χ0) is 18.8. The largest absolute Gasteiger partial charge is 0.371 e. The number of nitrogens with two attached hydrogens (primary N) is 1. The molecule has 27 heavy (non-hydrogen) atoms. The van der Waals surface area contributed by atoms with Crippen LogP contribution in [0.3, 0.4) is 0 Å². The summed E-state index contributed by atoms with van der Waals surface area (Å²) in [6.45, 7) is 2.34. The Kier molecular flexibility index (Phi) is 4.92. The van der Waals surface area contributed by atoms with Crippen LogP contribution in [0.1, 0.15) is 41.0 Å². The van der Waals surface area contributed by atoms with Crippen molar-refractivity contribution in [3.05, 3.63) is 47.0 Å². The standard InChI is InChI=1S/C20H24FN5O/c21-14-5-7-15(8-6-14)26-10-9-13(12-26)11-23-19(27)18-16-3-1-2-4-17(16)24-20(22)25-18/h5-8,13H,1-4,9-12H2,(H,23,27)(H2,22,24,25)/t13-/m1/s1. The van der Waals surface area contributed by atoms with Crippen molar-refractivity contribution in [3.63, 3.8) is 0 Å². The molecule has 1 aromatic carbocycles. The normalized spacial score (nSPS) is 19.0. The maximum Gasteiger partial charge on any atom is 0.270 e. The molecule has 0 saturated carbocycles. The van der Waals surface area contributed by atoms with Gasteiger partial charge in [-0.15, -0.1) is 0 Å². The van der Waals surface area contributed by atoms with E-state index in [1.165, 1.54) is 12.1 Å². The van der Waals surface area contributed by atoms with Gasteiger partial charge in [0, 0.05) is 36.6 Å². The lowest BCUT2D eigenvalue weighted by Gasteiger charge is -2.20. The van der Waals surface area contributed by atoms with Gasteiger partial charge in [0.25, 0.3) is 5.91 Å². The highest BCUT2D eigenvalue weighted by Gasteiger charge is 2.25. The minimum atomic E-state index is -0.228. The van der Waals surface area contributed by atoms with Crippen LogP contribution in [0.4, 0.5) is 16.0 Å². The fourth-order valence-electron chi connectivity index (χ4n) is 4.01. The molecule has 0 spiro atoms. The molecule has 0 bridgehead atoms. The minimum absolute atomic E-state index is 0.164. The highest BCUT2D eigenvalue weighted by atomic mass is 19.1. The summed E-state index contributed by atoms with van der Waals surface area (Å²) in [6, 6.07) is 6.55. The number of aromatic nitrogens is 2. The van der Waals surface area contributed by atoms with Crippen molar-refractivity contribution in [2.24, 2.45) is 5.92 Å². The van der Waals surface area contributed by atoms with E-state index in [9.17, 15) is 9.18 Å². The molecule has 1 aliphatic carbocycles. The molecule has 142 valence electrons. The second-order valence-electron chi connectivity index (χ2n) is 7.35. The molecule has 6 nitrogen and oxygen atoms in total. The van der Waals surface area contributed by atoms with Crippen molar-refractivity contribution in [2.75, 3.05) is 30.3 Å². The molecular weight excluding hydrogens is 345 g/mol. The van der Waals surface area contributed by atoms with Crippen LogP contribution >= 0.6 is 0 Å². The first-order valence-corrected chi connectivity index (χ1v) is 9.54. The summed E-state index contributed by atoms with van der Waals surface area (Å²) in [7, 11) is 0. The number of halogens is 1. The summed E-state index contributed by atoms with van der Waals surface area (Å²) in [6.07, 6.45) is 4.81. The summed E-state index contributed by atoms with van der Waals surface area (Å²) in [5, 5.41) is 3.03. The summed E-state index contributed by atoms with van der Waals surface area (Å²) in [5.74, 6) is 0.134. The lowest BCUT2D eigenvalue weighted by Crippen LogP contribution is -2.33. The van der Waals surface area contributed by atoms with Crippen LogP contribution in [0.15, 0.2) is 24.3 Å². The van der Waals surface area contributed by atoms with Crippen molar-refractivity contribution in [1.82, 2.24) is 15.3 Å². The Morgan fingerprint density at radius 3 is 2.81 bits per heavy atom. The van der Waals surface area contributed by atoms with Gasteiger partial charge in [0.1, 0.15) is 11.5 Å². The van der Waals surface area contributed by atoms with Gasteiger partial charge < -0.3 is 16.0 Å². The van der Waals surface area contributed by atoms with Crippen LogP contribution in [0.5, 0.6) is 0 Å². The number of hydrogen-bond acceptors (Lipinski definition) is 5. The monoisotopic (exact) mass is 369 g/mol. The number of nitrogen functional groups attached to an aromatic ring is 1. The van der Waals surface area contributed by atoms with E-state index in [4.69, 9.17) is 5.73 Å². The highest BCUT2D eigenvalue weighted by Crippen LogP contribution is 2.25. The van der Waals surface area contributed by atoms with Gasteiger partial charge in [-0.25, -0.2) is 14.4 Å². The van der Waals surface area contributed by atoms with E-state index in [0.29, 0.717) is 18.2 Å². The van der Waals surface area contributed by atoms with E-state index >= 15 is 0 Å². The molecular formula is C20H24FN5O. The molecule has 1 amide bonds. The molecule has 1 aliphatic heterocycles. The van der Waals surface area contributed by atoms with Crippen LogP contribution in [-0.4, -0.2) is 35.5 Å². The number of fused-ring (bicyclic) bond motifs is 1. The average molecular weight is 369 g/mol. The second-order valence-corrected chi connectivity index (χ2v) is 7.35. The minimum Gasteiger partial charge on any atom is -0.371 e. The predicted octanol–water partition coefficient (Wildman–Crippen LogP) is 2.33. The van der Waals surface area contributed by atoms with Crippen LogP contribution in [0.2, 0.25) is 0 Å². The molecule has 1 atom stereocenters. The SMILES string of the molecule is Nc1nc2c(c(C(=O)NC[C@H]3CCN(c4ccc(F)cc4)C3)n1)CCCC2. The first-order valence-electron chi connectivity index (χ1n) is 9.54. The zero-order valence-corrected chi connectivity index (χ0v) is 15.2. The summed E-state index contributed by atoms with van der Waals surface area (Å²) in [4.78, 5) is 23.4. The molecule has 0 radical (unpaired) electrons. The Hall–Kier alpha value is -2.70. The fourth-order valence-corrected chi connectivity index (χ4v) is 4.01. The number of aryl methyl sites for hydroxylation is 1. The van der Waals surface area contributed by atoms with Crippen molar-refractivity contribution >= 4 is 17.5 Å². The predicted molar refractivity (Wildman–Crippen MR) is 102 cm³/mol. The van der Waals surface area contributed by atoms with Crippen LogP contribution < -0.4 is 16.0 Å². The Bertz CT molecular complexity index is 839. The van der Waals surface area contributed by atoms with Gasteiger partial charge in [-0.1, -0.05) is 0 Å². The molecule has 1 saturated heterocycles. The number of carbonyl (C=O) groups excluding carboxylic acids is 1. The van der Waals surface area contributed by atoms with Gasteiger partial charge in [0.2, 0.25) is 5.95 Å². The summed E-state index contributed by atoms with van der Waals surface area (Å²) in [5.41, 5.74) is 9.12. The lowest BCUT2D eigenvalue weighted by molar-refractivity contribution is 0.0941. The molecule has 1 fully saturated rings. The summed E-state index contributed by atoms with van der Waals surface area (Å²) >= 11 is 0. The van der Waals surface area contributed by atoms with Crippen molar-refractivity contribution in [1.29, 1.82) is 0 Å². The van der Waals surface area contributed by atoms with Crippen LogP contribution in [0, 0.1) is 11.7 Å². The topological polar surface area (TPSA) is 84.1 Å². The van der Waals surface area contributed by atoms with Crippen LogP contribution in [0.25, 0.3) is 0 Å². The van der Waals surface area contributed by atoms with Crippen molar-refractivity contribution in [3.8, 4) is 0 Å². The van der Waals surface area contributed by atoms with Gasteiger partial charge in [-0.3, -0.25) is 4.79 Å². The Morgan fingerprint density at radius 2 is 2.00 bits per heavy atom. The number of benzene rings is 1. The number of amides is 1. The molecule has 3 N–H and O–H groups in total. The molecule has 2 heterocycles. The van der Waals surface area contributed by atoms with Crippen molar-refractivity contribution in [2.45, 2.75) is 32.1 Å². The smallest absolute Gasteiger partial charge is 0.270 e.